The molecule has 0 unspecified atom stereocenters. The third-order valence-corrected chi connectivity index (χ3v) is 7.30. The van der Waals surface area contributed by atoms with E-state index in [1.807, 2.05) is 9.47 Å². The molecule has 2 aromatic heterocycles. The van der Waals surface area contributed by atoms with E-state index in [-0.39, 0.29) is 24.5 Å². The number of nitrogens with one attached hydrogen (secondary N) is 1. The third-order valence-electron chi connectivity index (χ3n) is 7.30. The number of amides is 2. The number of imidazole rings is 1. The van der Waals surface area contributed by atoms with Gasteiger partial charge in [0.2, 0.25) is 11.8 Å². The molecule has 4 rings (SSSR count). The molecule has 0 bridgehead atoms. The summed E-state index contributed by atoms with van der Waals surface area (Å²) in [6, 6.07) is -0.867. The van der Waals surface area contributed by atoms with Crippen LogP contribution in [-0.2, 0) is 14.3 Å². The second-order valence-electron chi connectivity index (χ2n) is 10.0. The number of aromatic nitrogens is 4. The molecule has 0 aliphatic carbocycles. The molecule has 12 nitrogen and oxygen atoms in total. The summed E-state index contributed by atoms with van der Waals surface area (Å²) in [4.78, 5) is 38.4. The molecule has 2 saturated heterocycles. The van der Waals surface area contributed by atoms with Crippen LogP contribution in [0.15, 0.2) is 12.7 Å². The van der Waals surface area contributed by atoms with Crippen LogP contribution >= 0.6 is 0 Å². The number of aliphatic hydroxyl groups is 1. The van der Waals surface area contributed by atoms with Gasteiger partial charge in [0.25, 0.3) is 0 Å². The van der Waals surface area contributed by atoms with E-state index in [0.29, 0.717) is 62.3 Å². The molecule has 35 heavy (non-hydrogen) atoms. The summed E-state index contributed by atoms with van der Waals surface area (Å²) in [5, 5.41) is 13.9. The van der Waals surface area contributed by atoms with Crippen molar-refractivity contribution in [2.45, 2.75) is 75.7 Å². The number of nitrogen functional groups attached to an aromatic ring is 1. The van der Waals surface area contributed by atoms with Gasteiger partial charge in [-0.25, -0.2) is 15.0 Å². The quantitative estimate of drug-likeness (QED) is 0.394. The molecule has 12 heteroatoms. The Labute approximate surface area is 204 Å². The van der Waals surface area contributed by atoms with Crippen molar-refractivity contribution in [1.82, 2.24) is 29.7 Å². The monoisotopic (exact) mass is 488 g/mol. The molecular formula is C23H36N8O4. The van der Waals surface area contributed by atoms with Crippen molar-refractivity contribution < 1.29 is 19.4 Å². The first-order valence-corrected chi connectivity index (χ1v) is 12.2. The molecule has 6 N–H and O–H groups in total. The highest BCUT2D eigenvalue weighted by molar-refractivity contribution is 5.82. The van der Waals surface area contributed by atoms with Gasteiger partial charge in [-0.3, -0.25) is 9.59 Å². The number of anilines is 1. The SMILES string of the molecule is CC(=O)NCCCC[C@H](N)C(=O)N1CCC2(CC1)C[C@H](n1cnc3c(N)ncnc31)[C@@](C)(O)CO2. The van der Waals surface area contributed by atoms with Crippen molar-refractivity contribution in [3.63, 3.8) is 0 Å². The zero-order valence-electron chi connectivity index (χ0n) is 20.4. The fraction of sp³-hybridized carbons (Fsp3) is 0.696. The highest BCUT2D eigenvalue weighted by atomic mass is 16.5. The lowest BCUT2D eigenvalue weighted by Gasteiger charge is -2.51. The van der Waals surface area contributed by atoms with Crippen molar-refractivity contribution in [3.8, 4) is 0 Å². The molecule has 3 atom stereocenters. The van der Waals surface area contributed by atoms with Crippen LogP contribution in [0.25, 0.3) is 11.2 Å². The van der Waals surface area contributed by atoms with Gasteiger partial charge in [-0.05, 0) is 39.0 Å². The summed E-state index contributed by atoms with van der Waals surface area (Å²) in [5.41, 5.74) is 11.6. The van der Waals surface area contributed by atoms with Gasteiger partial charge in [-0.15, -0.1) is 0 Å². The van der Waals surface area contributed by atoms with Gasteiger partial charge < -0.3 is 36.1 Å². The second kappa shape index (κ2) is 10.0. The highest BCUT2D eigenvalue weighted by Gasteiger charge is 2.50. The van der Waals surface area contributed by atoms with Crippen LogP contribution in [0.2, 0.25) is 0 Å². The maximum atomic E-state index is 12.9. The fourth-order valence-electron chi connectivity index (χ4n) is 5.12. The summed E-state index contributed by atoms with van der Waals surface area (Å²) in [6.45, 7) is 5.10. The molecule has 2 aliphatic heterocycles. The van der Waals surface area contributed by atoms with E-state index in [0.717, 1.165) is 12.8 Å². The minimum absolute atomic E-state index is 0.0495. The summed E-state index contributed by atoms with van der Waals surface area (Å²) in [7, 11) is 0. The number of carbonyl (C=O) groups excluding carboxylic acids is 2. The van der Waals surface area contributed by atoms with Gasteiger partial charge in [0.05, 0.1) is 30.6 Å². The van der Waals surface area contributed by atoms with Gasteiger partial charge in [0.1, 0.15) is 17.4 Å². The maximum absolute atomic E-state index is 12.9. The first-order chi connectivity index (χ1) is 16.6. The number of piperidine rings is 1. The largest absolute Gasteiger partial charge is 0.386 e. The molecule has 2 aliphatic rings. The number of nitrogens with two attached hydrogens (primary N) is 2. The maximum Gasteiger partial charge on any atom is 0.239 e. The van der Waals surface area contributed by atoms with E-state index in [1.54, 1.807) is 13.3 Å². The van der Waals surface area contributed by atoms with Gasteiger partial charge in [0.15, 0.2) is 11.5 Å². The molecule has 2 fully saturated rings. The third kappa shape index (κ3) is 5.39. The number of hydrogen-bond donors (Lipinski definition) is 4. The van der Waals surface area contributed by atoms with Crippen LogP contribution in [-0.4, -0.2) is 84.8 Å². The number of nitrogens with zero attached hydrogens (tertiary/aromatic N) is 5. The molecular weight excluding hydrogens is 452 g/mol. The number of fused-ring (bicyclic) bond motifs is 1. The van der Waals surface area contributed by atoms with E-state index < -0.39 is 17.2 Å². The summed E-state index contributed by atoms with van der Waals surface area (Å²) < 4.78 is 8.11. The molecule has 192 valence electrons. The van der Waals surface area contributed by atoms with E-state index in [1.165, 1.54) is 13.3 Å². The Balaban J connectivity index is 1.37. The molecule has 0 radical (unpaired) electrons. The van der Waals surface area contributed by atoms with Crippen molar-refractivity contribution in [1.29, 1.82) is 0 Å². The van der Waals surface area contributed by atoms with Crippen molar-refractivity contribution in [2.24, 2.45) is 5.73 Å². The van der Waals surface area contributed by atoms with E-state index in [2.05, 4.69) is 20.3 Å². The Bertz CT molecular complexity index is 1060. The van der Waals surface area contributed by atoms with Crippen LogP contribution in [0.4, 0.5) is 5.82 Å². The van der Waals surface area contributed by atoms with Crippen LogP contribution in [0.5, 0.6) is 0 Å². The summed E-state index contributed by atoms with van der Waals surface area (Å²) >= 11 is 0. The minimum Gasteiger partial charge on any atom is -0.386 e. The van der Waals surface area contributed by atoms with Crippen molar-refractivity contribution in [2.75, 3.05) is 32.0 Å². The Kier molecular flexibility index (Phi) is 7.25. The minimum atomic E-state index is -1.12. The van der Waals surface area contributed by atoms with Crippen LogP contribution in [0.1, 0.15) is 58.4 Å². The van der Waals surface area contributed by atoms with Gasteiger partial charge >= 0.3 is 0 Å². The Morgan fingerprint density at radius 1 is 1.29 bits per heavy atom. The predicted molar refractivity (Wildman–Crippen MR) is 129 cm³/mol. The van der Waals surface area contributed by atoms with Crippen LogP contribution in [0.3, 0.4) is 0 Å². The molecule has 0 saturated carbocycles. The Morgan fingerprint density at radius 2 is 2.03 bits per heavy atom. The summed E-state index contributed by atoms with van der Waals surface area (Å²) in [6.07, 6.45) is 7.07. The van der Waals surface area contributed by atoms with Gasteiger partial charge in [-0.2, -0.15) is 0 Å². The van der Waals surface area contributed by atoms with Crippen LogP contribution < -0.4 is 16.8 Å². The first kappa shape index (κ1) is 25.3. The fourth-order valence-corrected chi connectivity index (χ4v) is 5.12. The number of ether oxygens (including phenoxy) is 1. The van der Waals surface area contributed by atoms with Crippen LogP contribution in [0, 0.1) is 0 Å². The average Bonchev–Trinajstić information content (AvgIpc) is 3.25. The average molecular weight is 489 g/mol. The van der Waals surface area contributed by atoms with E-state index in [4.69, 9.17) is 16.2 Å². The highest BCUT2D eigenvalue weighted by Crippen LogP contribution is 2.44. The number of hydrogen-bond acceptors (Lipinski definition) is 9. The Hall–Kier alpha value is -2.83. The van der Waals surface area contributed by atoms with E-state index in [9.17, 15) is 14.7 Å². The number of unbranched alkanes of at least 4 members (excludes halogenated alkanes) is 1. The Morgan fingerprint density at radius 3 is 2.74 bits per heavy atom. The van der Waals surface area contributed by atoms with Gasteiger partial charge in [-0.1, -0.05) is 0 Å². The zero-order valence-corrected chi connectivity index (χ0v) is 20.4. The smallest absolute Gasteiger partial charge is 0.239 e. The molecule has 2 aromatic rings. The zero-order chi connectivity index (χ0) is 25.2. The molecule has 1 spiro atoms. The number of rotatable bonds is 7. The lowest BCUT2D eigenvalue weighted by atomic mass is 9.77. The predicted octanol–water partition coefficient (Wildman–Crippen LogP) is 0.116. The standard InChI is InChI=1S/C23H36N8O4/c1-15(32)26-8-4-3-5-16(24)21(33)30-9-6-23(7-10-30)11-17(22(2,34)12-35-23)31-14-29-18-19(25)27-13-28-20(18)31/h13-14,16-17,34H,3-12,24H2,1-2H3,(H,26,32)(H2,25,27,28)/t16-,17-,22-/m0/s1. The normalized spacial score (nSPS) is 25.0. The first-order valence-electron chi connectivity index (χ1n) is 12.2. The van der Waals surface area contributed by atoms with E-state index >= 15 is 0 Å². The van der Waals surface area contributed by atoms with Gasteiger partial charge in [0, 0.05) is 33.0 Å². The van der Waals surface area contributed by atoms with Crippen molar-refractivity contribution >= 4 is 28.8 Å². The lowest BCUT2D eigenvalue weighted by molar-refractivity contribution is -0.201. The number of likely N-dealkylation sites (tertiary alicyclic amines) is 1. The number of carbonyl (C=O) groups is 2. The second-order valence-corrected chi connectivity index (χ2v) is 10.0. The molecule has 0 aromatic carbocycles. The molecule has 4 heterocycles. The summed E-state index contributed by atoms with van der Waals surface area (Å²) in [5.74, 6) is 0.194. The molecule has 2 amide bonds. The topological polar surface area (TPSA) is 175 Å². The lowest BCUT2D eigenvalue weighted by Crippen LogP contribution is -2.58. The van der Waals surface area contributed by atoms with Crippen molar-refractivity contribution in [3.05, 3.63) is 12.7 Å².